The number of hydrogen-bond acceptors (Lipinski definition) is 10. The minimum absolute atomic E-state index is 0.0918. The van der Waals surface area contributed by atoms with Crippen LogP contribution in [0.25, 0.3) is 0 Å². The Hall–Kier alpha value is -4.79. The van der Waals surface area contributed by atoms with Gasteiger partial charge in [-0.15, -0.1) is 0 Å². The third-order valence-electron chi connectivity index (χ3n) is 7.41. The van der Waals surface area contributed by atoms with Crippen LogP contribution in [-0.2, 0) is 23.5 Å². The van der Waals surface area contributed by atoms with Gasteiger partial charge in [-0.1, -0.05) is 60.7 Å². The van der Waals surface area contributed by atoms with Crippen molar-refractivity contribution in [3.8, 4) is 23.0 Å². The fraction of sp³-hybridized carbons (Fsp3) is 0.278. The molecule has 0 radical (unpaired) electrons. The summed E-state index contributed by atoms with van der Waals surface area (Å²) >= 11 is 0. The molecule has 4 aromatic rings. The molecule has 12 nitrogen and oxygen atoms in total. The molecule has 6 N–H and O–H groups in total. The molecule has 264 valence electrons. The largest absolute Gasteiger partial charge is 0.759 e. The van der Waals surface area contributed by atoms with Gasteiger partial charge in [0.15, 0.2) is 0 Å². The molecule has 0 saturated heterocycles. The molecule has 4 rings (SSSR count). The number of Topliss-reactive ketones (excluding diaryl/α,β-unsaturated/α-hetero) is 2. The quantitative estimate of drug-likeness (QED) is 0.0724. The van der Waals surface area contributed by atoms with Crippen molar-refractivity contribution in [1.29, 1.82) is 0 Å². The molecule has 0 amide bonds. The fourth-order valence-corrected chi connectivity index (χ4v) is 4.79. The Labute approximate surface area is 287 Å². The number of phenolic OH excluding ortho intramolecular Hbond substituents is 4. The van der Waals surface area contributed by atoms with Crippen molar-refractivity contribution in [3.05, 3.63) is 119 Å². The second-order valence-electron chi connectivity index (χ2n) is 12.0. The summed E-state index contributed by atoms with van der Waals surface area (Å²) in [5.41, 5.74) is 3.03. The number of phenols is 4. The van der Waals surface area contributed by atoms with Crippen LogP contribution in [0.2, 0.25) is 0 Å². The molecule has 13 heteroatoms. The van der Waals surface area contributed by atoms with Gasteiger partial charge >= 0.3 is 0 Å². The highest BCUT2D eigenvalue weighted by atomic mass is 32.3. The maximum absolute atomic E-state index is 12.4. The number of carbonyl (C=O) groups is 2. The van der Waals surface area contributed by atoms with Crippen LogP contribution in [0.4, 0.5) is 0 Å². The van der Waals surface area contributed by atoms with Crippen LogP contribution in [0.3, 0.4) is 0 Å². The molecular formula is C36H44N2O10S. The second kappa shape index (κ2) is 19.3. The molecule has 0 aliphatic rings. The monoisotopic (exact) mass is 696 g/mol. The normalized spacial score (nSPS) is 12.2. The van der Waals surface area contributed by atoms with Crippen molar-refractivity contribution >= 4 is 22.0 Å². The van der Waals surface area contributed by atoms with Crippen molar-refractivity contribution in [2.75, 3.05) is 13.1 Å². The van der Waals surface area contributed by atoms with E-state index in [1.54, 1.807) is 0 Å². The number of benzene rings is 4. The summed E-state index contributed by atoms with van der Waals surface area (Å²) in [7, 11) is -5.17. The van der Waals surface area contributed by atoms with Crippen molar-refractivity contribution in [2.45, 2.75) is 52.9 Å². The lowest BCUT2D eigenvalue weighted by Crippen LogP contribution is -3.14. The van der Waals surface area contributed by atoms with E-state index in [0.717, 1.165) is 22.9 Å². The molecule has 4 aromatic carbocycles. The summed E-state index contributed by atoms with van der Waals surface area (Å²) in [5.74, 6) is -0.582. The first-order valence-electron chi connectivity index (χ1n) is 15.5. The van der Waals surface area contributed by atoms with Gasteiger partial charge in [0.1, 0.15) is 49.2 Å². The van der Waals surface area contributed by atoms with E-state index in [9.17, 15) is 30.0 Å². The van der Waals surface area contributed by atoms with E-state index < -0.39 is 10.4 Å². The Balaban J connectivity index is 0.000000299. The van der Waals surface area contributed by atoms with Crippen molar-refractivity contribution in [3.63, 3.8) is 0 Å². The molecule has 0 bridgehead atoms. The minimum atomic E-state index is -5.17. The van der Waals surface area contributed by atoms with Gasteiger partial charge in [0.05, 0.1) is 12.1 Å². The van der Waals surface area contributed by atoms with E-state index in [1.807, 2.05) is 60.7 Å². The number of quaternary nitrogens is 2. The maximum Gasteiger partial charge on any atom is 0.217 e. The summed E-state index contributed by atoms with van der Waals surface area (Å²) in [5, 5.41) is 38.0. The van der Waals surface area contributed by atoms with E-state index in [0.29, 0.717) is 24.2 Å². The number of hydrogen-bond donors (Lipinski definition) is 6. The predicted molar refractivity (Wildman–Crippen MR) is 181 cm³/mol. The maximum atomic E-state index is 12.4. The summed E-state index contributed by atoms with van der Waals surface area (Å²) in [6, 6.07) is 28.7. The van der Waals surface area contributed by atoms with E-state index in [1.165, 1.54) is 47.5 Å². The second-order valence-corrected chi connectivity index (χ2v) is 12.9. The molecule has 0 aliphatic carbocycles. The fourth-order valence-electron chi connectivity index (χ4n) is 4.79. The zero-order valence-electron chi connectivity index (χ0n) is 27.9. The molecule has 0 aromatic heterocycles. The Morgan fingerprint density at radius 1 is 0.571 bits per heavy atom. The highest BCUT2D eigenvalue weighted by Gasteiger charge is 2.21. The minimum Gasteiger partial charge on any atom is -0.759 e. The molecule has 2 unspecified atom stereocenters. The third kappa shape index (κ3) is 16.2. The third-order valence-corrected chi connectivity index (χ3v) is 7.41. The van der Waals surface area contributed by atoms with Crippen LogP contribution in [-0.4, -0.2) is 74.7 Å². The van der Waals surface area contributed by atoms with Gasteiger partial charge in [-0.25, -0.2) is 0 Å². The lowest BCUT2D eigenvalue weighted by atomic mass is 10.1. The molecule has 0 aliphatic heterocycles. The molecule has 49 heavy (non-hydrogen) atoms. The van der Waals surface area contributed by atoms with E-state index in [4.69, 9.17) is 17.5 Å². The van der Waals surface area contributed by atoms with E-state index >= 15 is 0 Å². The molecular weight excluding hydrogens is 652 g/mol. The average Bonchev–Trinajstić information content (AvgIpc) is 3.00. The van der Waals surface area contributed by atoms with E-state index in [2.05, 4.69) is 27.7 Å². The number of ketones is 2. The van der Waals surface area contributed by atoms with Crippen molar-refractivity contribution in [2.24, 2.45) is 0 Å². The lowest BCUT2D eigenvalue weighted by molar-refractivity contribution is -0.926. The van der Waals surface area contributed by atoms with Crippen molar-refractivity contribution in [1.82, 2.24) is 0 Å². The molecule has 2 atom stereocenters. The smallest absolute Gasteiger partial charge is 0.217 e. The Morgan fingerprint density at radius 3 is 1.08 bits per heavy atom. The summed E-state index contributed by atoms with van der Waals surface area (Å²) in [4.78, 5) is 27.1. The Bertz CT molecular complexity index is 1590. The zero-order chi connectivity index (χ0) is 36.7. The van der Waals surface area contributed by atoms with Gasteiger partial charge in [-0.3, -0.25) is 18.0 Å². The highest BCUT2D eigenvalue weighted by molar-refractivity contribution is 7.79. The highest BCUT2D eigenvalue weighted by Crippen LogP contribution is 2.21. The lowest BCUT2D eigenvalue weighted by Gasteiger charge is -2.23. The standard InChI is InChI=1S/2C18H21NO3.H2O4S/c2*1-13(2)19(11-14-6-4-3-5-7-14)12-18(22)15-8-16(20)10-17(21)9-15;1-5(2,3)4/h2*3-10,13,20-21H,11-12H2,1-2H3;(H2,1,2,3,4). The topological polar surface area (TPSA) is 204 Å². The molecule has 0 fully saturated rings. The predicted octanol–water partition coefficient (Wildman–Crippen LogP) is 2.21. The van der Waals surface area contributed by atoms with Crippen LogP contribution in [0.1, 0.15) is 59.5 Å². The van der Waals surface area contributed by atoms with Crippen LogP contribution in [0.5, 0.6) is 23.0 Å². The summed E-state index contributed by atoms with van der Waals surface area (Å²) in [6.07, 6.45) is 0. The Kier molecular flexibility index (Phi) is 15.9. The van der Waals surface area contributed by atoms with Gasteiger partial charge in [-0.05, 0) is 52.0 Å². The van der Waals surface area contributed by atoms with Gasteiger partial charge in [0, 0.05) is 44.8 Å². The van der Waals surface area contributed by atoms with Gasteiger partial charge in [0.2, 0.25) is 11.6 Å². The van der Waals surface area contributed by atoms with Gasteiger partial charge < -0.3 is 39.3 Å². The molecule has 0 spiro atoms. The summed E-state index contributed by atoms with van der Waals surface area (Å²) < 4.78 is 34.1. The van der Waals surface area contributed by atoms with Crippen LogP contribution in [0.15, 0.2) is 97.1 Å². The SMILES string of the molecule is CC(C)[NH+](CC(=O)c1cc(O)cc(O)c1)Cc1ccccc1.CC(C)[NH+](CC(=O)c1cc(O)cc(O)c1)Cc1ccccc1.O=S(=O)([O-])[O-]. The first-order chi connectivity index (χ1) is 22.9. The van der Waals surface area contributed by atoms with Crippen molar-refractivity contribution < 1.29 is 57.3 Å². The first-order valence-corrected chi connectivity index (χ1v) is 16.8. The molecule has 0 heterocycles. The average molecular weight is 697 g/mol. The first kappa shape index (κ1) is 40.4. The van der Waals surface area contributed by atoms with Crippen LogP contribution in [0, 0.1) is 0 Å². The number of rotatable bonds is 12. The molecule has 0 saturated carbocycles. The van der Waals surface area contributed by atoms with Crippen LogP contribution >= 0.6 is 0 Å². The van der Waals surface area contributed by atoms with Crippen LogP contribution < -0.4 is 9.80 Å². The number of carbonyl (C=O) groups excluding carboxylic acids is 2. The Morgan fingerprint density at radius 2 is 0.837 bits per heavy atom. The van der Waals surface area contributed by atoms with Gasteiger partial charge in [0.25, 0.3) is 0 Å². The zero-order valence-corrected chi connectivity index (χ0v) is 28.7. The number of nitrogens with one attached hydrogen (secondary N) is 2. The van der Waals surface area contributed by atoms with Gasteiger partial charge in [-0.2, -0.15) is 0 Å². The number of aromatic hydroxyl groups is 4. The van der Waals surface area contributed by atoms with E-state index in [-0.39, 0.29) is 46.6 Å². The summed E-state index contributed by atoms with van der Waals surface area (Å²) in [6.45, 7) is 10.4.